The lowest BCUT2D eigenvalue weighted by Gasteiger charge is -2.39. The van der Waals surface area contributed by atoms with Gasteiger partial charge in [-0.05, 0) is 0 Å². The van der Waals surface area contributed by atoms with Crippen molar-refractivity contribution in [1.82, 2.24) is 0 Å². The van der Waals surface area contributed by atoms with Crippen molar-refractivity contribution in [1.29, 1.82) is 0 Å². The van der Waals surface area contributed by atoms with Crippen LogP contribution in [0.1, 0.15) is 0 Å². The molecule has 0 aliphatic carbocycles. The number of aliphatic hydroxyl groups excluding tert-OH is 3. The molecule has 1 heterocycles. The van der Waals surface area contributed by atoms with Gasteiger partial charge in [-0.15, -0.1) is 0 Å². The summed E-state index contributed by atoms with van der Waals surface area (Å²) in [6, 6.07) is 0. The van der Waals surface area contributed by atoms with Crippen molar-refractivity contribution in [2.75, 3.05) is 6.61 Å². The fourth-order valence-corrected chi connectivity index (χ4v) is 2.23. The molecule has 0 radical (unpaired) electrons. The van der Waals surface area contributed by atoms with E-state index in [0.29, 0.717) is 0 Å². The number of hydrogen-bond acceptors (Lipinski definition) is 8. The average molecular weight is 340 g/mol. The molecule has 1 aliphatic rings. The molecule has 120 valence electrons. The Balaban J connectivity index is 2.76. The zero-order valence-electron chi connectivity index (χ0n) is 9.66. The standard InChI is InChI=1S/C6H14O12P2/c7-3-2(1-16-19(10,11)12)17-6(5(9)4(3)8)18-20(13,14)15/h2-9H,1H2,(H2,10,11,12)(H2,13,14,15)/t2?,3-,4?,5-,6-/m0/s1. The summed E-state index contributed by atoms with van der Waals surface area (Å²) in [7, 11) is -9.95. The summed E-state index contributed by atoms with van der Waals surface area (Å²) in [4.78, 5) is 34.1. The van der Waals surface area contributed by atoms with Crippen molar-refractivity contribution in [2.24, 2.45) is 0 Å². The number of hydrogen-bond donors (Lipinski definition) is 7. The second-order valence-corrected chi connectivity index (χ2v) is 6.33. The van der Waals surface area contributed by atoms with E-state index >= 15 is 0 Å². The monoisotopic (exact) mass is 340 g/mol. The lowest BCUT2D eigenvalue weighted by atomic mass is 10.00. The van der Waals surface area contributed by atoms with Gasteiger partial charge in [-0.25, -0.2) is 9.13 Å². The Kier molecular flexibility index (Phi) is 5.83. The zero-order chi connectivity index (χ0) is 15.7. The minimum absolute atomic E-state index is 0.907. The van der Waals surface area contributed by atoms with Crippen LogP contribution < -0.4 is 0 Å². The number of phosphoric ester groups is 2. The summed E-state index contributed by atoms with van der Waals surface area (Å²) in [5.74, 6) is 0. The van der Waals surface area contributed by atoms with E-state index in [9.17, 15) is 24.4 Å². The lowest BCUT2D eigenvalue weighted by Crippen LogP contribution is -2.59. The molecule has 12 nitrogen and oxygen atoms in total. The first-order valence-corrected chi connectivity index (χ1v) is 8.10. The summed E-state index contributed by atoms with van der Waals surface area (Å²) in [6.45, 7) is -0.907. The summed E-state index contributed by atoms with van der Waals surface area (Å²) in [6.07, 6.45) is -9.32. The van der Waals surface area contributed by atoms with Gasteiger partial charge in [-0.3, -0.25) is 9.05 Å². The first-order chi connectivity index (χ1) is 8.91. The zero-order valence-corrected chi connectivity index (χ0v) is 11.4. The summed E-state index contributed by atoms with van der Waals surface area (Å²) >= 11 is 0. The second kappa shape index (κ2) is 6.44. The van der Waals surface area contributed by atoms with Gasteiger partial charge < -0.3 is 39.6 Å². The third-order valence-electron chi connectivity index (χ3n) is 2.32. The third-order valence-corrected chi connectivity index (χ3v) is 3.28. The molecule has 1 aliphatic heterocycles. The number of aliphatic hydroxyl groups is 3. The molecule has 0 spiro atoms. The molecule has 0 bridgehead atoms. The highest BCUT2D eigenvalue weighted by Gasteiger charge is 2.47. The summed E-state index contributed by atoms with van der Waals surface area (Å²) in [5.41, 5.74) is 0. The molecular weight excluding hydrogens is 326 g/mol. The number of ether oxygens (including phenoxy) is 1. The Labute approximate surface area is 112 Å². The van der Waals surface area contributed by atoms with Gasteiger partial charge >= 0.3 is 15.6 Å². The van der Waals surface area contributed by atoms with E-state index in [-0.39, 0.29) is 0 Å². The van der Waals surface area contributed by atoms with Gasteiger partial charge in [0, 0.05) is 0 Å². The van der Waals surface area contributed by atoms with E-state index < -0.39 is 53.0 Å². The molecule has 0 aromatic rings. The average Bonchev–Trinajstić information content (AvgIpc) is 2.25. The fraction of sp³-hybridized carbons (Fsp3) is 1.00. The van der Waals surface area contributed by atoms with E-state index in [2.05, 4.69) is 9.05 Å². The maximum Gasteiger partial charge on any atom is 0.472 e. The van der Waals surface area contributed by atoms with Crippen LogP contribution in [0.2, 0.25) is 0 Å². The quantitative estimate of drug-likeness (QED) is 0.250. The fourth-order valence-electron chi connectivity index (χ4n) is 1.45. The van der Waals surface area contributed by atoms with Crippen LogP contribution in [0.5, 0.6) is 0 Å². The van der Waals surface area contributed by atoms with Gasteiger partial charge in [0.1, 0.15) is 24.4 Å². The van der Waals surface area contributed by atoms with Crippen LogP contribution in [0.3, 0.4) is 0 Å². The van der Waals surface area contributed by atoms with E-state index in [4.69, 9.17) is 24.3 Å². The molecule has 2 unspecified atom stereocenters. The highest BCUT2D eigenvalue weighted by Crippen LogP contribution is 2.41. The van der Waals surface area contributed by atoms with Crippen LogP contribution in [0.25, 0.3) is 0 Å². The van der Waals surface area contributed by atoms with Gasteiger partial charge in [0.2, 0.25) is 0 Å². The van der Waals surface area contributed by atoms with Crippen LogP contribution in [-0.4, -0.2) is 72.2 Å². The molecule has 7 N–H and O–H groups in total. The van der Waals surface area contributed by atoms with Gasteiger partial charge in [0.25, 0.3) is 0 Å². The molecule has 1 rings (SSSR count). The van der Waals surface area contributed by atoms with Crippen LogP contribution in [0.4, 0.5) is 0 Å². The molecule has 0 aromatic carbocycles. The summed E-state index contributed by atoms with van der Waals surface area (Å²) in [5, 5.41) is 28.4. The van der Waals surface area contributed by atoms with E-state index in [1.807, 2.05) is 0 Å². The smallest absolute Gasteiger partial charge is 0.387 e. The molecule has 1 fully saturated rings. The Morgan fingerprint density at radius 1 is 0.900 bits per heavy atom. The Morgan fingerprint density at radius 3 is 1.90 bits per heavy atom. The van der Waals surface area contributed by atoms with Crippen LogP contribution in [0.15, 0.2) is 0 Å². The molecular formula is C6H14O12P2. The topological polar surface area (TPSA) is 203 Å². The highest BCUT2D eigenvalue weighted by atomic mass is 31.2. The van der Waals surface area contributed by atoms with Crippen molar-refractivity contribution >= 4 is 15.6 Å². The SMILES string of the molecule is O=P(O)(O)OCC1O[C@@H](OP(=O)(O)O)[C@@H](O)C(O)[C@H]1O. The molecule has 0 saturated carbocycles. The minimum Gasteiger partial charge on any atom is -0.387 e. The van der Waals surface area contributed by atoms with Crippen molar-refractivity contribution in [3.63, 3.8) is 0 Å². The predicted octanol–water partition coefficient (Wildman–Crippen LogP) is -2.99. The largest absolute Gasteiger partial charge is 0.472 e. The molecule has 14 heteroatoms. The van der Waals surface area contributed by atoms with E-state index in [1.54, 1.807) is 0 Å². The third kappa shape index (κ3) is 5.45. The predicted molar refractivity (Wildman–Crippen MR) is 57.8 cm³/mol. The van der Waals surface area contributed by atoms with Crippen LogP contribution in [0, 0.1) is 0 Å². The maximum atomic E-state index is 10.6. The Morgan fingerprint density at radius 2 is 1.45 bits per heavy atom. The van der Waals surface area contributed by atoms with Crippen molar-refractivity contribution in [3.05, 3.63) is 0 Å². The van der Waals surface area contributed by atoms with Crippen LogP contribution in [-0.2, 0) is 22.9 Å². The van der Waals surface area contributed by atoms with Gasteiger partial charge in [0.05, 0.1) is 6.61 Å². The van der Waals surface area contributed by atoms with Crippen molar-refractivity contribution in [2.45, 2.75) is 30.7 Å². The number of rotatable bonds is 5. The van der Waals surface area contributed by atoms with E-state index in [0.717, 1.165) is 0 Å². The minimum atomic E-state index is -5.07. The lowest BCUT2D eigenvalue weighted by molar-refractivity contribution is -0.279. The first kappa shape index (κ1) is 18.1. The van der Waals surface area contributed by atoms with Crippen LogP contribution >= 0.6 is 15.6 Å². The van der Waals surface area contributed by atoms with Gasteiger partial charge in [-0.2, -0.15) is 0 Å². The van der Waals surface area contributed by atoms with Crippen molar-refractivity contribution < 1.29 is 57.8 Å². The maximum absolute atomic E-state index is 10.6. The Bertz CT molecular complexity index is 412. The Hall–Kier alpha value is 0.0600. The normalized spacial score (nSPS) is 36.0. The van der Waals surface area contributed by atoms with Crippen molar-refractivity contribution in [3.8, 4) is 0 Å². The highest BCUT2D eigenvalue weighted by molar-refractivity contribution is 7.46. The first-order valence-electron chi connectivity index (χ1n) is 5.04. The molecule has 5 atom stereocenters. The number of phosphoric acid groups is 2. The molecule has 1 saturated heterocycles. The molecule has 0 aromatic heterocycles. The molecule has 20 heavy (non-hydrogen) atoms. The van der Waals surface area contributed by atoms with Gasteiger partial charge in [0.15, 0.2) is 6.29 Å². The van der Waals surface area contributed by atoms with E-state index in [1.165, 1.54) is 0 Å². The second-order valence-electron chi connectivity index (χ2n) is 3.90. The molecule has 0 amide bonds. The van der Waals surface area contributed by atoms with Gasteiger partial charge in [-0.1, -0.05) is 0 Å². The summed E-state index contributed by atoms with van der Waals surface area (Å²) < 4.78 is 33.9.